The standard InChI is InChI=1S/C13H17NO5/c1-7-4-5-8-9(11(15)17-3)6-18-12(10(7)8)19-13(16)14-2/h4,6,8,10,12H,5H2,1-3H3,(H,14,16). The van der Waals surface area contributed by atoms with Crippen LogP contribution in [0.2, 0.25) is 0 Å². The fourth-order valence-electron chi connectivity index (χ4n) is 2.53. The van der Waals surface area contributed by atoms with Crippen LogP contribution in [0.4, 0.5) is 4.79 Å². The molecule has 3 unspecified atom stereocenters. The molecule has 0 aromatic rings. The summed E-state index contributed by atoms with van der Waals surface area (Å²) in [6, 6.07) is 0. The Kier molecular flexibility index (Phi) is 3.78. The number of esters is 1. The lowest BCUT2D eigenvalue weighted by molar-refractivity contribution is -0.141. The lowest BCUT2D eigenvalue weighted by Gasteiger charge is -2.33. The van der Waals surface area contributed by atoms with Gasteiger partial charge in [0.25, 0.3) is 6.29 Å². The van der Waals surface area contributed by atoms with E-state index in [1.54, 1.807) is 0 Å². The Bertz CT molecular complexity index is 454. The largest absolute Gasteiger partial charge is 0.466 e. The molecule has 0 saturated heterocycles. The fourth-order valence-corrected chi connectivity index (χ4v) is 2.53. The summed E-state index contributed by atoms with van der Waals surface area (Å²) >= 11 is 0. The minimum absolute atomic E-state index is 0.0594. The van der Waals surface area contributed by atoms with Crippen molar-refractivity contribution < 1.29 is 23.8 Å². The van der Waals surface area contributed by atoms with E-state index in [9.17, 15) is 9.59 Å². The van der Waals surface area contributed by atoms with E-state index in [0.717, 1.165) is 5.57 Å². The van der Waals surface area contributed by atoms with E-state index < -0.39 is 18.4 Å². The summed E-state index contributed by atoms with van der Waals surface area (Å²) in [5.74, 6) is -0.608. The second-order valence-corrected chi connectivity index (χ2v) is 4.54. The first-order chi connectivity index (χ1) is 9.08. The topological polar surface area (TPSA) is 73.9 Å². The van der Waals surface area contributed by atoms with Crippen LogP contribution in [-0.2, 0) is 19.0 Å². The van der Waals surface area contributed by atoms with Gasteiger partial charge in [0.1, 0.15) is 0 Å². The third kappa shape index (κ3) is 2.43. The van der Waals surface area contributed by atoms with Crippen molar-refractivity contribution in [2.24, 2.45) is 11.8 Å². The number of ether oxygens (including phenoxy) is 3. The highest BCUT2D eigenvalue weighted by Gasteiger charge is 2.44. The van der Waals surface area contributed by atoms with Gasteiger partial charge in [-0.25, -0.2) is 9.59 Å². The molecule has 0 radical (unpaired) electrons. The van der Waals surface area contributed by atoms with Crippen molar-refractivity contribution in [3.63, 3.8) is 0 Å². The lowest BCUT2D eigenvalue weighted by Crippen LogP contribution is -2.39. The first kappa shape index (κ1) is 13.5. The summed E-state index contributed by atoms with van der Waals surface area (Å²) < 4.78 is 15.3. The highest BCUT2D eigenvalue weighted by Crippen LogP contribution is 2.43. The predicted molar refractivity (Wildman–Crippen MR) is 65.9 cm³/mol. The molecule has 0 aromatic heterocycles. The second-order valence-electron chi connectivity index (χ2n) is 4.54. The molecular formula is C13H17NO5. The average molecular weight is 267 g/mol. The van der Waals surface area contributed by atoms with Gasteiger partial charge in [0, 0.05) is 13.0 Å². The van der Waals surface area contributed by atoms with Crippen LogP contribution in [0, 0.1) is 11.8 Å². The monoisotopic (exact) mass is 267 g/mol. The van der Waals surface area contributed by atoms with E-state index >= 15 is 0 Å². The third-order valence-electron chi connectivity index (χ3n) is 3.52. The first-order valence-electron chi connectivity index (χ1n) is 6.07. The maximum atomic E-state index is 11.7. The number of hydrogen-bond acceptors (Lipinski definition) is 5. The molecule has 6 heteroatoms. The Labute approximate surface area is 111 Å². The predicted octanol–water partition coefficient (Wildman–Crippen LogP) is 1.34. The maximum Gasteiger partial charge on any atom is 0.409 e. The van der Waals surface area contributed by atoms with Crippen molar-refractivity contribution in [3.8, 4) is 0 Å². The molecule has 104 valence electrons. The van der Waals surface area contributed by atoms with Crippen LogP contribution < -0.4 is 5.32 Å². The lowest BCUT2D eigenvalue weighted by atomic mass is 9.84. The number of nitrogens with one attached hydrogen (secondary N) is 1. The molecule has 3 atom stereocenters. The molecule has 0 fully saturated rings. The SMILES string of the molecule is CNC(=O)OC1OC=C(C(=O)OC)C2CC=C(C)C12. The maximum absolute atomic E-state index is 11.7. The number of hydrogen-bond donors (Lipinski definition) is 1. The van der Waals surface area contributed by atoms with Crippen molar-refractivity contribution in [1.29, 1.82) is 0 Å². The van der Waals surface area contributed by atoms with E-state index in [2.05, 4.69) is 5.32 Å². The summed E-state index contributed by atoms with van der Waals surface area (Å²) in [5.41, 5.74) is 1.53. The van der Waals surface area contributed by atoms with Gasteiger partial charge in [-0.15, -0.1) is 0 Å². The fraction of sp³-hybridized carbons (Fsp3) is 0.538. The summed E-state index contributed by atoms with van der Waals surface area (Å²) in [6.45, 7) is 1.94. The van der Waals surface area contributed by atoms with Crippen LogP contribution in [0.25, 0.3) is 0 Å². The number of fused-ring (bicyclic) bond motifs is 1. The van der Waals surface area contributed by atoms with Gasteiger partial charge in [0.15, 0.2) is 0 Å². The number of amides is 1. The van der Waals surface area contributed by atoms with Gasteiger partial charge in [-0.2, -0.15) is 0 Å². The summed E-state index contributed by atoms with van der Waals surface area (Å²) in [4.78, 5) is 23.0. The van der Waals surface area contributed by atoms with Crippen LogP contribution in [-0.4, -0.2) is 32.5 Å². The molecule has 2 rings (SSSR count). The minimum atomic E-state index is -0.711. The summed E-state index contributed by atoms with van der Waals surface area (Å²) in [7, 11) is 2.82. The zero-order valence-electron chi connectivity index (χ0n) is 11.1. The van der Waals surface area contributed by atoms with Crippen molar-refractivity contribution in [1.82, 2.24) is 5.32 Å². The van der Waals surface area contributed by atoms with Crippen molar-refractivity contribution in [3.05, 3.63) is 23.5 Å². The number of allylic oxidation sites excluding steroid dienone is 1. The Morgan fingerprint density at radius 1 is 1.47 bits per heavy atom. The zero-order chi connectivity index (χ0) is 14.0. The molecule has 1 amide bonds. The van der Waals surface area contributed by atoms with Crippen LogP contribution in [0.5, 0.6) is 0 Å². The van der Waals surface area contributed by atoms with Crippen LogP contribution in [0.1, 0.15) is 13.3 Å². The zero-order valence-corrected chi connectivity index (χ0v) is 11.1. The molecule has 0 saturated carbocycles. The summed E-state index contributed by atoms with van der Waals surface area (Å²) in [6.07, 6.45) is 2.82. The summed E-state index contributed by atoms with van der Waals surface area (Å²) in [5, 5.41) is 2.38. The van der Waals surface area contributed by atoms with Crippen molar-refractivity contribution in [2.45, 2.75) is 19.6 Å². The van der Waals surface area contributed by atoms with Gasteiger partial charge in [0.2, 0.25) is 0 Å². The number of methoxy groups -OCH3 is 1. The Hall–Kier alpha value is -1.98. The van der Waals surface area contributed by atoms with Crippen molar-refractivity contribution in [2.75, 3.05) is 14.2 Å². The normalized spacial score (nSPS) is 28.5. The van der Waals surface area contributed by atoms with Crippen LogP contribution in [0.3, 0.4) is 0 Å². The van der Waals surface area contributed by atoms with E-state index in [-0.39, 0.29) is 11.8 Å². The van der Waals surface area contributed by atoms with Crippen LogP contribution in [0.15, 0.2) is 23.5 Å². The number of carbonyl (C=O) groups is 2. The molecule has 19 heavy (non-hydrogen) atoms. The molecule has 1 heterocycles. The molecule has 0 spiro atoms. The highest BCUT2D eigenvalue weighted by molar-refractivity contribution is 5.89. The average Bonchev–Trinajstić information content (AvgIpc) is 2.81. The van der Waals surface area contributed by atoms with Crippen LogP contribution >= 0.6 is 0 Å². The Balaban J connectivity index is 2.21. The number of alkyl carbamates (subject to hydrolysis) is 1. The van der Waals surface area contributed by atoms with E-state index in [4.69, 9.17) is 14.2 Å². The van der Waals surface area contributed by atoms with E-state index in [1.807, 2.05) is 13.0 Å². The number of carbonyl (C=O) groups excluding carboxylic acids is 2. The Morgan fingerprint density at radius 2 is 2.21 bits per heavy atom. The molecule has 0 bridgehead atoms. The molecule has 1 aliphatic heterocycles. The highest BCUT2D eigenvalue weighted by atomic mass is 16.7. The smallest absolute Gasteiger partial charge is 0.409 e. The third-order valence-corrected chi connectivity index (χ3v) is 3.52. The molecule has 1 N–H and O–H groups in total. The number of rotatable bonds is 2. The van der Waals surface area contributed by atoms with E-state index in [1.165, 1.54) is 20.4 Å². The molecule has 6 nitrogen and oxygen atoms in total. The van der Waals surface area contributed by atoms with Gasteiger partial charge < -0.3 is 19.5 Å². The van der Waals surface area contributed by atoms with Gasteiger partial charge >= 0.3 is 12.1 Å². The molecule has 0 aromatic carbocycles. The van der Waals surface area contributed by atoms with Gasteiger partial charge in [-0.1, -0.05) is 11.6 Å². The Morgan fingerprint density at radius 3 is 2.84 bits per heavy atom. The van der Waals surface area contributed by atoms with Gasteiger partial charge in [0.05, 0.1) is 24.9 Å². The van der Waals surface area contributed by atoms with Gasteiger partial charge in [-0.05, 0) is 13.3 Å². The quantitative estimate of drug-likeness (QED) is 0.603. The first-order valence-corrected chi connectivity index (χ1v) is 6.07. The van der Waals surface area contributed by atoms with Gasteiger partial charge in [-0.3, -0.25) is 0 Å². The molecule has 1 aliphatic carbocycles. The van der Waals surface area contributed by atoms with Crippen molar-refractivity contribution >= 4 is 12.1 Å². The second kappa shape index (κ2) is 5.34. The minimum Gasteiger partial charge on any atom is -0.466 e. The van der Waals surface area contributed by atoms with E-state index in [0.29, 0.717) is 12.0 Å². The molecular weight excluding hydrogens is 250 g/mol. The molecule has 2 aliphatic rings.